The first kappa shape index (κ1) is 26.2. The molecule has 5 rings (SSSR count). The van der Waals surface area contributed by atoms with Crippen LogP contribution in [-0.2, 0) is 32.7 Å². The van der Waals surface area contributed by atoms with Gasteiger partial charge < -0.3 is 25.4 Å². The maximum absolute atomic E-state index is 12.6. The largest absolute Gasteiger partial charge is 0.508 e. The van der Waals surface area contributed by atoms with E-state index >= 15 is 0 Å². The summed E-state index contributed by atoms with van der Waals surface area (Å²) in [6.07, 6.45) is -0.613. The number of fused-ring (bicyclic) bond motifs is 6. The maximum atomic E-state index is 12.6. The summed E-state index contributed by atoms with van der Waals surface area (Å²) in [6, 6.07) is 21.9. The van der Waals surface area contributed by atoms with Crippen LogP contribution in [0.2, 0.25) is 0 Å². The smallest absolute Gasteiger partial charge is 0.260 e. The number of ketones is 1. The Balaban J connectivity index is 1.65. The van der Waals surface area contributed by atoms with Crippen LogP contribution in [0.3, 0.4) is 0 Å². The summed E-state index contributed by atoms with van der Waals surface area (Å²) in [7, 11) is 0. The number of nitrogens with zero attached hydrogens (tertiary/aromatic N) is 1. The van der Waals surface area contributed by atoms with Gasteiger partial charge in [0.2, 0.25) is 11.7 Å². The van der Waals surface area contributed by atoms with Crippen molar-refractivity contribution in [2.75, 3.05) is 19.7 Å². The first-order chi connectivity index (χ1) is 17.8. The van der Waals surface area contributed by atoms with E-state index in [1.54, 1.807) is 36.4 Å². The normalized spacial score (nSPS) is 19.0. The van der Waals surface area contributed by atoms with Crippen molar-refractivity contribution in [3.63, 3.8) is 0 Å². The molecule has 0 aliphatic carbocycles. The number of ether oxygens (including phenoxy) is 2. The topological polar surface area (TPSA) is 122 Å². The third kappa shape index (κ3) is 6.28. The van der Waals surface area contributed by atoms with Gasteiger partial charge in [0.25, 0.3) is 6.29 Å². The Kier molecular flexibility index (Phi) is 8.11. The van der Waals surface area contributed by atoms with Crippen molar-refractivity contribution in [2.45, 2.75) is 38.0 Å². The molecule has 8 heteroatoms. The molecule has 0 radical (unpaired) electrons. The maximum Gasteiger partial charge on any atom is 0.260 e. The number of amides is 1. The lowest BCUT2D eigenvalue weighted by Crippen LogP contribution is -2.50. The highest BCUT2D eigenvalue weighted by molar-refractivity contribution is 5.99. The molecule has 2 aliphatic rings. The molecule has 0 saturated carbocycles. The van der Waals surface area contributed by atoms with Gasteiger partial charge in [-0.15, -0.1) is 0 Å². The summed E-state index contributed by atoms with van der Waals surface area (Å²) >= 11 is 0. The van der Waals surface area contributed by atoms with Crippen LogP contribution in [0.4, 0.5) is 0 Å². The number of para-hydroxylation sites is 2. The number of carbonyl (C=O) groups excluding carboxylic acids is 2. The number of hydrogen-bond donors (Lipinski definition) is 3. The van der Waals surface area contributed by atoms with Crippen molar-refractivity contribution in [1.82, 2.24) is 4.90 Å². The Labute approximate surface area is 216 Å². The van der Waals surface area contributed by atoms with Gasteiger partial charge in [0, 0.05) is 13.1 Å². The fraction of sp³-hybridized carbons (Fsp3) is 0.310. The van der Waals surface area contributed by atoms with E-state index in [0.29, 0.717) is 31.7 Å². The molecule has 0 fully saturated rings. The van der Waals surface area contributed by atoms with Gasteiger partial charge in [-0.3, -0.25) is 14.5 Å². The quantitative estimate of drug-likeness (QED) is 0.362. The van der Waals surface area contributed by atoms with E-state index in [-0.39, 0.29) is 18.1 Å². The Morgan fingerprint density at radius 1 is 0.919 bits per heavy atom. The number of Topliss-reactive ketones (excluding diaryl/α,β-unsaturated/α-hetero) is 1. The van der Waals surface area contributed by atoms with E-state index < -0.39 is 29.9 Å². The SMILES string of the molecule is C[C@]1(N(CCc2ccccc2O)CCc2ccccc2O)COC(C(=O)CC(N)=O)Oc2ccc1cc2. The molecule has 2 bridgehead atoms. The van der Waals surface area contributed by atoms with Gasteiger partial charge in [0.15, 0.2) is 0 Å². The van der Waals surface area contributed by atoms with E-state index in [1.165, 1.54) is 0 Å². The Morgan fingerprint density at radius 3 is 1.97 bits per heavy atom. The first-order valence-corrected chi connectivity index (χ1v) is 12.2. The molecule has 194 valence electrons. The second-order valence-electron chi connectivity index (χ2n) is 9.41. The number of phenolic OH excluding ortho intramolecular Hbond substituents is 2. The Morgan fingerprint density at radius 2 is 1.46 bits per heavy atom. The molecule has 0 spiro atoms. The summed E-state index contributed by atoms with van der Waals surface area (Å²) < 4.78 is 11.8. The van der Waals surface area contributed by atoms with Crippen LogP contribution >= 0.6 is 0 Å². The molecule has 0 aromatic heterocycles. The van der Waals surface area contributed by atoms with Gasteiger partial charge in [0.05, 0.1) is 18.6 Å². The van der Waals surface area contributed by atoms with Crippen LogP contribution in [0.25, 0.3) is 0 Å². The summed E-state index contributed by atoms with van der Waals surface area (Å²) in [5.41, 5.74) is 7.12. The average molecular weight is 505 g/mol. The molecule has 3 aromatic rings. The second-order valence-corrected chi connectivity index (χ2v) is 9.41. The van der Waals surface area contributed by atoms with E-state index in [1.807, 2.05) is 43.3 Å². The number of aromatic hydroxyl groups is 2. The number of primary amides is 1. The molecule has 8 nitrogen and oxygen atoms in total. The second kappa shape index (κ2) is 11.5. The molecule has 1 unspecified atom stereocenters. The zero-order valence-electron chi connectivity index (χ0n) is 20.8. The molecule has 37 heavy (non-hydrogen) atoms. The number of benzene rings is 3. The molecule has 2 heterocycles. The van der Waals surface area contributed by atoms with Gasteiger partial charge in [-0.1, -0.05) is 48.5 Å². The fourth-order valence-electron chi connectivity index (χ4n) is 4.62. The predicted molar refractivity (Wildman–Crippen MR) is 138 cm³/mol. The van der Waals surface area contributed by atoms with Crippen LogP contribution in [0.15, 0.2) is 72.8 Å². The summed E-state index contributed by atoms with van der Waals surface area (Å²) in [6.45, 7) is 3.25. The van der Waals surface area contributed by atoms with Crippen molar-refractivity contribution >= 4 is 11.7 Å². The Hall–Kier alpha value is -3.88. The lowest BCUT2D eigenvalue weighted by atomic mass is 9.89. The van der Waals surface area contributed by atoms with E-state index in [0.717, 1.165) is 16.7 Å². The standard InChI is InChI=1S/C29H32N2O6/c1-29(19-36-28(26(34)18-27(30)35)37-23-12-10-22(29)11-13-23)31(16-14-20-6-2-4-8-24(20)32)17-15-21-7-3-5-9-25(21)33/h2-13,28,32-33H,14-19H2,1H3,(H2,30,35)/t28?,29-/m0/s1. The summed E-state index contributed by atoms with van der Waals surface area (Å²) in [5, 5.41) is 20.7. The van der Waals surface area contributed by atoms with E-state index in [9.17, 15) is 19.8 Å². The molecule has 1 amide bonds. The minimum atomic E-state index is -1.27. The van der Waals surface area contributed by atoms with Crippen LogP contribution in [0.5, 0.6) is 17.2 Å². The third-order valence-electron chi connectivity index (χ3n) is 6.83. The molecular formula is C29H32N2O6. The van der Waals surface area contributed by atoms with Gasteiger partial charge in [-0.25, -0.2) is 0 Å². The molecule has 2 aliphatic heterocycles. The molecule has 0 saturated heterocycles. The molecular weight excluding hydrogens is 472 g/mol. The minimum absolute atomic E-state index is 0.0982. The number of rotatable bonds is 10. The Bertz CT molecular complexity index is 1200. The molecule has 2 atom stereocenters. The zero-order chi connectivity index (χ0) is 26.4. The van der Waals surface area contributed by atoms with Crippen molar-refractivity contribution in [1.29, 1.82) is 0 Å². The highest BCUT2D eigenvalue weighted by atomic mass is 16.7. The van der Waals surface area contributed by atoms with E-state index in [4.69, 9.17) is 15.2 Å². The summed E-state index contributed by atoms with van der Waals surface area (Å²) in [4.78, 5) is 26.2. The predicted octanol–water partition coefficient (Wildman–Crippen LogP) is 3.28. The van der Waals surface area contributed by atoms with Crippen molar-refractivity contribution in [3.8, 4) is 17.2 Å². The van der Waals surface area contributed by atoms with Gasteiger partial charge in [-0.2, -0.15) is 0 Å². The highest BCUT2D eigenvalue weighted by Crippen LogP contribution is 2.34. The van der Waals surface area contributed by atoms with Crippen LogP contribution < -0.4 is 10.5 Å². The zero-order valence-corrected chi connectivity index (χ0v) is 20.8. The lowest BCUT2D eigenvalue weighted by Gasteiger charge is -2.42. The monoisotopic (exact) mass is 504 g/mol. The molecule has 3 aromatic carbocycles. The third-order valence-corrected chi connectivity index (χ3v) is 6.83. The van der Waals surface area contributed by atoms with Crippen molar-refractivity contribution in [2.24, 2.45) is 5.73 Å². The van der Waals surface area contributed by atoms with E-state index in [2.05, 4.69) is 4.90 Å². The number of hydrogen-bond acceptors (Lipinski definition) is 7. The first-order valence-electron chi connectivity index (χ1n) is 12.2. The van der Waals surface area contributed by atoms with Crippen LogP contribution in [0.1, 0.15) is 30.0 Å². The van der Waals surface area contributed by atoms with Crippen LogP contribution in [-0.4, -0.2) is 52.8 Å². The van der Waals surface area contributed by atoms with Crippen molar-refractivity contribution < 1.29 is 29.3 Å². The minimum Gasteiger partial charge on any atom is -0.508 e. The number of carbonyl (C=O) groups is 2. The number of phenols is 2. The van der Waals surface area contributed by atoms with Crippen molar-refractivity contribution in [3.05, 3.63) is 89.5 Å². The van der Waals surface area contributed by atoms with Gasteiger partial charge >= 0.3 is 0 Å². The summed E-state index contributed by atoms with van der Waals surface area (Å²) in [5.74, 6) is -0.385. The average Bonchev–Trinajstić information content (AvgIpc) is 2.99. The molecule has 4 N–H and O–H groups in total. The lowest BCUT2D eigenvalue weighted by molar-refractivity contribution is -0.159. The van der Waals surface area contributed by atoms with Gasteiger partial charge in [-0.05, 0) is 60.7 Å². The number of nitrogens with two attached hydrogens (primary N) is 1. The van der Waals surface area contributed by atoms with Crippen LogP contribution in [0, 0.1) is 0 Å². The van der Waals surface area contributed by atoms with Gasteiger partial charge in [0.1, 0.15) is 17.2 Å². The fourth-order valence-corrected chi connectivity index (χ4v) is 4.62. The highest BCUT2D eigenvalue weighted by Gasteiger charge is 2.37.